The van der Waals surface area contributed by atoms with Crippen LogP contribution >= 0.6 is 35.7 Å². The molecule has 0 amide bonds. The van der Waals surface area contributed by atoms with E-state index in [-0.39, 0.29) is 34.6 Å². The van der Waals surface area contributed by atoms with Gasteiger partial charge in [0.05, 0.1) is 11.5 Å². The third-order valence-electron chi connectivity index (χ3n) is 3.39. The van der Waals surface area contributed by atoms with Crippen molar-refractivity contribution in [2.24, 2.45) is 4.99 Å². The highest BCUT2D eigenvalue weighted by molar-refractivity contribution is 14.0. The van der Waals surface area contributed by atoms with Crippen molar-refractivity contribution in [3.05, 3.63) is 39.9 Å². The van der Waals surface area contributed by atoms with Crippen molar-refractivity contribution in [3.63, 3.8) is 0 Å². The maximum absolute atomic E-state index is 10.8. The highest BCUT2D eigenvalue weighted by Crippen LogP contribution is 2.17. The highest BCUT2D eigenvalue weighted by Gasteiger charge is 2.14. The number of halogens is 1. The van der Waals surface area contributed by atoms with Crippen LogP contribution in [0.5, 0.6) is 0 Å². The molecule has 1 atom stereocenters. The number of rotatable bonds is 5. The second-order valence-corrected chi connectivity index (χ2v) is 6.33. The van der Waals surface area contributed by atoms with Crippen molar-refractivity contribution in [1.82, 2.24) is 10.6 Å². The smallest absolute Gasteiger partial charge is 0.269 e. The van der Waals surface area contributed by atoms with Gasteiger partial charge >= 0.3 is 0 Å². The fraction of sp³-hybridized carbons (Fsp3) is 0.533. The number of nitrogens with one attached hydrogen (secondary N) is 2. The largest absolute Gasteiger partial charge is 0.357 e. The van der Waals surface area contributed by atoms with E-state index in [9.17, 15) is 10.1 Å². The second kappa shape index (κ2) is 10.7. The van der Waals surface area contributed by atoms with Gasteiger partial charge in [0.1, 0.15) is 0 Å². The molecule has 23 heavy (non-hydrogen) atoms. The molecule has 2 N–H and O–H groups in total. The molecule has 0 bridgehead atoms. The fourth-order valence-corrected chi connectivity index (χ4v) is 3.38. The summed E-state index contributed by atoms with van der Waals surface area (Å²) in [5.41, 5.74) is 0.943. The maximum Gasteiger partial charge on any atom is 0.269 e. The number of guanidine groups is 1. The van der Waals surface area contributed by atoms with E-state index in [0.29, 0.717) is 12.6 Å². The number of nitro benzene ring substituents is 1. The molecule has 0 saturated carbocycles. The van der Waals surface area contributed by atoms with Crippen LogP contribution in [0, 0.1) is 10.1 Å². The van der Waals surface area contributed by atoms with Crippen LogP contribution in [0.25, 0.3) is 0 Å². The maximum atomic E-state index is 10.8. The molecule has 1 saturated heterocycles. The van der Waals surface area contributed by atoms with Gasteiger partial charge in [-0.1, -0.05) is 12.1 Å². The molecule has 1 aliphatic rings. The molecule has 1 aromatic rings. The SMILES string of the molecule is CCNC(=NCc1cccc([N+](=O)[O-])c1)NC1CCCSC1.I. The zero-order chi connectivity index (χ0) is 15.8. The highest BCUT2D eigenvalue weighted by atomic mass is 127. The van der Waals surface area contributed by atoms with Crippen LogP contribution in [0.4, 0.5) is 5.69 Å². The Morgan fingerprint density at radius 2 is 2.35 bits per heavy atom. The van der Waals surface area contributed by atoms with E-state index < -0.39 is 0 Å². The van der Waals surface area contributed by atoms with Gasteiger partial charge in [-0.05, 0) is 31.1 Å². The van der Waals surface area contributed by atoms with Crippen LogP contribution in [-0.2, 0) is 6.54 Å². The molecule has 1 aromatic carbocycles. The molecule has 128 valence electrons. The quantitative estimate of drug-likeness (QED) is 0.237. The number of non-ortho nitro benzene ring substituents is 1. The summed E-state index contributed by atoms with van der Waals surface area (Å²) < 4.78 is 0. The van der Waals surface area contributed by atoms with E-state index in [4.69, 9.17) is 0 Å². The molecule has 6 nitrogen and oxygen atoms in total. The average molecular weight is 450 g/mol. The summed E-state index contributed by atoms with van der Waals surface area (Å²) in [7, 11) is 0. The minimum absolute atomic E-state index is 0. The number of aliphatic imine (C=N–C) groups is 1. The Balaban J connectivity index is 0.00000264. The fourth-order valence-electron chi connectivity index (χ4n) is 2.31. The van der Waals surface area contributed by atoms with Gasteiger partial charge < -0.3 is 10.6 Å². The summed E-state index contributed by atoms with van der Waals surface area (Å²) in [4.78, 5) is 15.0. The Hall–Kier alpha value is -1.03. The molecule has 1 unspecified atom stereocenters. The van der Waals surface area contributed by atoms with E-state index in [1.165, 1.54) is 18.2 Å². The molecule has 1 aliphatic heterocycles. The Labute approximate surface area is 158 Å². The van der Waals surface area contributed by atoms with Gasteiger partial charge in [0.15, 0.2) is 5.96 Å². The van der Waals surface area contributed by atoms with Crippen molar-refractivity contribution in [2.75, 3.05) is 18.1 Å². The molecule has 0 aromatic heterocycles. The van der Waals surface area contributed by atoms with Crippen molar-refractivity contribution < 1.29 is 4.92 Å². The van der Waals surface area contributed by atoms with E-state index in [2.05, 4.69) is 15.6 Å². The third-order valence-corrected chi connectivity index (χ3v) is 4.60. The molecule has 2 rings (SSSR count). The van der Waals surface area contributed by atoms with Crippen LogP contribution in [0.15, 0.2) is 29.3 Å². The Morgan fingerprint density at radius 3 is 3.00 bits per heavy atom. The van der Waals surface area contributed by atoms with E-state index in [0.717, 1.165) is 30.2 Å². The van der Waals surface area contributed by atoms with E-state index in [1.807, 2.05) is 24.8 Å². The van der Waals surface area contributed by atoms with E-state index in [1.54, 1.807) is 12.1 Å². The number of benzene rings is 1. The number of nitrogens with zero attached hydrogens (tertiary/aromatic N) is 2. The lowest BCUT2D eigenvalue weighted by Gasteiger charge is -2.24. The standard InChI is InChI=1S/C15H22N4O2S.HI/c1-2-16-15(18-13-6-4-8-22-11-13)17-10-12-5-3-7-14(9-12)19(20)21;/h3,5,7,9,13H,2,4,6,8,10-11H2,1H3,(H2,16,17,18);1H. The Kier molecular flexibility index (Phi) is 9.30. The van der Waals surface area contributed by atoms with Crippen LogP contribution in [0.1, 0.15) is 25.3 Å². The minimum atomic E-state index is -0.379. The Bertz CT molecular complexity index is 536. The first kappa shape index (κ1) is 20.0. The molecule has 0 spiro atoms. The topological polar surface area (TPSA) is 79.6 Å². The number of hydrogen-bond acceptors (Lipinski definition) is 4. The lowest BCUT2D eigenvalue weighted by Crippen LogP contribution is -2.45. The van der Waals surface area contributed by atoms with Crippen LogP contribution in [0.2, 0.25) is 0 Å². The van der Waals surface area contributed by atoms with Crippen molar-refractivity contribution in [1.29, 1.82) is 0 Å². The lowest BCUT2D eigenvalue weighted by molar-refractivity contribution is -0.384. The molecule has 1 fully saturated rings. The first-order chi connectivity index (χ1) is 10.7. The van der Waals surface area contributed by atoms with Crippen molar-refractivity contribution >= 4 is 47.4 Å². The van der Waals surface area contributed by atoms with E-state index >= 15 is 0 Å². The van der Waals surface area contributed by atoms with Crippen LogP contribution in [0.3, 0.4) is 0 Å². The number of nitro groups is 1. The monoisotopic (exact) mass is 450 g/mol. The number of thioether (sulfide) groups is 1. The van der Waals surface area contributed by atoms with Gasteiger partial charge in [-0.15, -0.1) is 24.0 Å². The van der Waals surface area contributed by atoms with Gasteiger partial charge in [0.25, 0.3) is 5.69 Å². The predicted molar refractivity (Wildman–Crippen MR) is 107 cm³/mol. The summed E-state index contributed by atoms with van der Waals surface area (Å²) in [6, 6.07) is 7.07. The normalized spacial score (nSPS) is 18.0. The first-order valence-electron chi connectivity index (χ1n) is 7.55. The average Bonchev–Trinajstić information content (AvgIpc) is 2.54. The van der Waals surface area contributed by atoms with Crippen molar-refractivity contribution in [3.8, 4) is 0 Å². The number of hydrogen-bond donors (Lipinski definition) is 2. The first-order valence-corrected chi connectivity index (χ1v) is 8.70. The van der Waals surface area contributed by atoms with Gasteiger partial charge in [0.2, 0.25) is 0 Å². The minimum Gasteiger partial charge on any atom is -0.357 e. The summed E-state index contributed by atoms with van der Waals surface area (Å²) >= 11 is 1.96. The van der Waals surface area contributed by atoms with Gasteiger partial charge in [0, 0.05) is 30.5 Å². The molecule has 0 aliphatic carbocycles. The molecular weight excluding hydrogens is 427 g/mol. The summed E-state index contributed by atoms with van der Waals surface area (Å²) in [6.07, 6.45) is 2.39. The van der Waals surface area contributed by atoms with Crippen molar-refractivity contribution in [2.45, 2.75) is 32.4 Å². The van der Waals surface area contributed by atoms with Gasteiger partial charge in [-0.3, -0.25) is 10.1 Å². The van der Waals surface area contributed by atoms with Crippen LogP contribution in [-0.4, -0.2) is 35.0 Å². The zero-order valence-corrected chi connectivity index (χ0v) is 16.3. The molecule has 1 heterocycles. The second-order valence-electron chi connectivity index (χ2n) is 5.18. The Morgan fingerprint density at radius 1 is 1.52 bits per heavy atom. The molecular formula is C15H23IN4O2S. The predicted octanol–water partition coefficient (Wildman–Crippen LogP) is 3.16. The summed E-state index contributed by atoms with van der Waals surface area (Å²) in [6.45, 7) is 3.25. The van der Waals surface area contributed by atoms with Gasteiger partial charge in [-0.2, -0.15) is 11.8 Å². The molecule has 0 radical (unpaired) electrons. The van der Waals surface area contributed by atoms with Gasteiger partial charge in [-0.25, -0.2) is 4.99 Å². The summed E-state index contributed by atoms with van der Waals surface area (Å²) in [5, 5.41) is 17.5. The lowest BCUT2D eigenvalue weighted by atomic mass is 10.2. The van der Waals surface area contributed by atoms with Crippen LogP contribution < -0.4 is 10.6 Å². The molecule has 8 heteroatoms. The third kappa shape index (κ3) is 6.94. The summed E-state index contributed by atoms with van der Waals surface area (Å²) in [5.74, 6) is 3.11. The zero-order valence-electron chi connectivity index (χ0n) is 13.2.